The van der Waals surface area contributed by atoms with Crippen LogP contribution in [-0.2, 0) is 19.0 Å². The molecule has 45 heavy (non-hydrogen) atoms. The minimum absolute atomic E-state index is 0.114. The first-order valence-electron chi connectivity index (χ1n) is 14.2. The molecule has 2 aromatic carbocycles. The van der Waals surface area contributed by atoms with Crippen molar-refractivity contribution in [1.29, 1.82) is 0 Å². The maximum absolute atomic E-state index is 14.9. The van der Waals surface area contributed by atoms with Crippen molar-refractivity contribution in [2.45, 2.75) is 75.1 Å². The third-order valence-corrected chi connectivity index (χ3v) is 8.18. The average Bonchev–Trinajstić information content (AvgIpc) is 3.61. The highest BCUT2D eigenvalue weighted by Crippen LogP contribution is 2.35. The van der Waals surface area contributed by atoms with E-state index in [2.05, 4.69) is 5.32 Å². The number of benzene rings is 2. The van der Waals surface area contributed by atoms with Gasteiger partial charge in [0.05, 0.1) is 6.04 Å². The Morgan fingerprint density at radius 2 is 1.78 bits per heavy atom. The number of hydrogen-bond acceptors (Lipinski definition) is 11. The van der Waals surface area contributed by atoms with Crippen LogP contribution < -0.4 is 14.8 Å². The minimum atomic E-state index is -1.92. The summed E-state index contributed by atoms with van der Waals surface area (Å²) in [6, 6.07) is 9.74. The lowest BCUT2D eigenvalue weighted by Crippen LogP contribution is -2.67. The largest absolute Gasteiger partial charge is 0.504 e. The number of rotatable bonds is 9. The predicted molar refractivity (Wildman–Crippen MR) is 157 cm³/mol. The van der Waals surface area contributed by atoms with Crippen LogP contribution in [0.4, 0.5) is 4.39 Å². The molecule has 5 rings (SSSR count). The van der Waals surface area contributed by atoms with Gasteiger partial charge in [-0.25, -0.2) is 4.39 Å². The SMILES string of the molecule is CC(=Cc1ccc(O[C@@H]2O[C@H](C(C)=CCOc3cccc(Cl)c3)[C@@H](O)[C@H]2F)c(O)c1)C(=O)N[C@@H]1[C@H](O)[C@@H](O)[C@H]2OCO[C@H]2[C@@H]1O. The lowest BCUT2D eigenvalue weighted by Gasteiger charge is -2.41. The van der Waals surface area contributed by atoms with Crippen LogP contribution in [0.5, 0.6) is 17.2 Å². The third kappa shape index (κ3) is 7.26. The molecule has 1 amide bonds. The Morgan fingerprint density at radius 3 is 2.49 bits per heavy atom. The van der Waals surface area contributed by atoms with Crippen molar-refractivity contribution in [3.8, 4) is 17.2 Å². The molecule has 0 aromatic heterocycles. The van der Waals surface area contributed by atoms with Gasteiger partial charge in [0.15, 0.2) is 17.7 Å². The lowest BCUT2D eigenvalue weighted by molar-refractivity contribution is -0.155. The number of alkyl halides is 1. The normalized spacial score (nSPS) is 33.5. The molecule has 2 aliphatic heterocycles. The van der Waals surface area contributed by atoms with Crippen molar-refractivity contribution >= 4 is 23.6 Å². The Morgan fingerprint density at radius 1 is 1.04 bits per heavy atom. The molecule has 6 N–H and O–H groups in total. The molecule has 2 heterocycles. The van der Waals surface area contributed by atoms with Crippen molar-refractivity contribution in [1.82, 2.24) is 5.32 Å². The molecule has 0 unspecified atom stereocenters. The highest BCUT2D eigenvalue weighted by molar-refractivity contribution is 6.30. The van der Waals surface area contributed by atoms with Gasteiger partial charge in [-0.2, -0.15) is 0 Å². The molecule has 0 bridgehead atoms. The summed E-state index contributed by atoms with van der Waals surface area (Å²) in [5.74, 6) is -0.596. The molecule has 244 valence electrons. The monoisotopic (exact) mass is 651 g/mol. The number of halogens is 2. The number of ether oxygens (including phenoxy) is 5. The summed E-state index contributed by atoms with van der Waals surface area (Å²) in [5, 5.41) is 55.4. The molecule has 2 saturated heterocycles. The Bertz CT molecular complexity index is 1440. The first kappa shape index (κ1) is 33.1. The Kier molecular flexibility index (Phi) is 10.3. The van der Waals surface area contributed by atoms with Gasteiger partial charge < -0.3 is 54.5 Å². The van der Waals surface area contributed by atoms with Crippen LogP contribution in [0.3, 0.4) is 0 Å². The van der Waals surface area contributed by atoms with Gasteiger partial charge in [0.1, 0.15) is 61.9 Å². The second kappa shape index (κ2) is 14.0. The maximum Gasteiger partial charge on any atom is 0.247 e. The van der Waals surface area contributed by atoms with Crippen LogP contribution in [0.15, 0.2) is 59.7 Å². The zero-order chi connectivity index (χ0) is 32.4. The van der Waals surface area contributed by atoms with E-state index in [-0.39, 0.29) is 30.5 Å². The molecule has 0 radical (unpaired) electrons. The van der Waals surface area contributed by atoms with Gasteiger partial charge in [0, 0.05) is 10.6 Å². The first-order chi connectivity index (χ1) is 21.4. The standard InChI is InChI=1S/C31H35ClFNO11/c1-14(8-9-41-18-5-3-4-17(32)12-18)27-23(36)21(33)31(45-27)44-20-7-6-16(11-19(20)35)10-15(2)30(40)34-22-24(37)26(39)29-28(25(22)38)42-13-43-29/h3-8,10-12,21-29,31,35-39H,9,13H2,1-2H3,(H,34,40)/t21-,22-,23+,24+,25-,26-,27-,28+,29-,31-/m1/s1. The fourth-order valence-electron chi connectivity index (χ4n) is 5.43. The third-order valence-electron chi connectivity index (χ3n) is 7.95. The van der Waals surface area contributed by atoms with Crippen molar-refractivity contribution in [3.05, 3.63) is 70.3 Å². The van der Waals surface area contributed by atoms with Gasteiger partial charge in [-0.1, -0.05) is 23.7 Å². The predicted octanol–water partition coefficient (Wildman–Crippen LogP) is 1.60. The average molecular weight is 652 g/mol. The fraction of sp³-hybridized carbons (Fsp3) is 0.452. The number of phenolic OH excluding ortho intramolecular Hbond substituents is 1. The molecule has 1 saturated carbocycles. The molecule has 0 spiro atoms. The molecule has 3 fully saturated rings. The number of amides is 1. The molecule has 12 nitrogen and oxygen atoms in total. The quantitative estimate of drug-likeness (QED) is 0.172. The Hall–Kier alpha value is -3.27. The Balaban J connectivity index is 1.18. The second-order valence-electron chi connectivity index (χ2n) is 11.1. The van der Waals surface area contributed by atoms with E-state index in [1.165, 1.54) is 31.2 Å². The van der Waals surface area contributed by atoms with Crippen LogP contribution in [0.25, 0.3) is 6.08 Å². The van der Waals surface area contributed by atoms with E-state index >= 15 is 0 Å². The van der Waals surface area contributed by atoms with Crippen LogP contribution in [-0.4, -0.2) is 106 Å². The summed E-state index contributed by atoms with van der Waals surface area (Å²) < 4.78 is 42.2. The molecule has 2 aromatic rings. The topological polar surface area (TPSA) is 176 Å². The van der Waals surface area contributed by atoms with Crippen LogP contribution in [0.2, 0.25) is 5.02 Å². The number of carbonyl (C=O) groups is 1. The summed E-state index contributed by atoms with van der Waals surface area (Å²) in [7, 11) is 0. The fourth-order valence-corrected chi connectivity index (χ4v) is 5.61. The van der Waals surface area contributed by atoms with E-state index < -0.39 is 67.1 Å². The number of aromatic hydroxyl groups is 1. The molecule has 10 atom stereocenters. The van der Waals surface area contributed by atoms with E-state index in [0.29, 0.717) is 21.9 Å². The number of aliphatic hydroxyl groups is 4. The molecule has 1 aliphatic carbocycles. The number of hydrogen-bond donors (Lipinski definition) is 6. The molecule has 3 aliphatic rings. The summed E-state index contributed by atoms with van der Waals surface area (Å²) in [5.41, 5.74) is 1.05. The smallest absolute Gasteiger partial charge is 0.247 e. The van der Waals surface area contributed by atoms with Crippen molar-refractivity contribution in [3.63, 3.8) is 0 Å². The lowest BCUT2D eigenvalue weighted by atomic mass is 9.83. The number of phenols is 1. The van der Waals surface area contributed by atoms with Gasteiger partial charge in [-0.15, -0.1) is 0 Å². The van der Waals surface area contributed by atoms with Crippen LogP contribution in [0.1, 0.15) is 19.4 Å². The second-order valence-corrected chi connectivity index (χ2v) is 11.5. The van der Waals surface area contributed by atoms with E-state index in [0.717, 1.165) is 0 Å². The number of carbonyl (C=O) groups excluding carboxylic acids is 1. The van der Waals surface area contributed by atoms with E-state index in [1.807, 2.05) is 0 Å². The minimum Gasteiger partial charge on any atom is -0.504 e. The van der Waals surface area contributed by atoms with Crippen molar-refractivity contribution < 1.29 is 58.4 Å². The summed E-state index contributed by atoms with van der Waals surface area (Å²) >= 11 is 5.95. The van der Waals surface area contributed by atoms with Gasteiger partial charge in [0.2, 0.25) is 12.2 Å². The van der Waals surface area contributed by atoms with Crippen molar-refractivity contribution in [2.24, 2.45) is 0 Å². The number of fused-ring (bicyclic) bond motifs is 1. The van der Waals surface area contributed by atoms with E-state index in [4.69, 9.17) is 35.3 Å². The number of nitrogens with one attached hydrogen (secondary N) is 1. The van der Waals surface area contributed by atoms with Gasteiger partial charge >= 0.3 is 0 Å². The van der Waals surface area contributed by atoms with Gasteiger partial charge in [-0.05, 0) is 67.5 Å². The highest BCUT2D eigenvalue weighted by Gasteiger charge is 2.53. The van der Waals surface area contributed by atoms with Crippen molar-refractivity contribution in [2.75, 3.05) is 13.4 Å². The first-order valence-corrected chi connectivity index (χ1v) is 14.6. The number of aliphatic hydroxyl groups excluding tert-OH is 4. The van der Waals surface area contributed by atoms with Gasteiger partial charge in [0.25, 0.3) is 0 Å². The Labute approximate surface area is 263 Å². The zero-order valence-corrected chi connectivity index (χ0v) is 25.1. The molecular weight excluding hydrogens is 617 g/mol. The van der Waals surface area contributed by atoms with E-state index in [1.54, 1.807) is 37.3 Å². The molecule has 14 heteroatoms. The van der Waals surface area contributed by atoms with Crippen LogP contribution >= 0.6 is 11.6 Å². The summed E-state index contributed by atoms with van der Waals surface area (Å²) in [4.78, 5) is 12.8. The van der Waals surface area contributed by atoms with Crippen LogP contribution in [0, 0.1) is 0 Å². The molecular formula is C31H35ClFNO11. The summed E-state index contributed by atoms with van der Waals surface area (Å²) in [6.45, 7) is 3.11. The zero-order valence-electron chi connectivity index (χ0n) is 24.3. The summed E-state index contributed by atoms with van der Waals surface area (Å²) in [6.07, 6.45) is -8.94. The van der Waals surface area contributed by atoms with E-state index in [9.17, 15) is 34.7 Å². The highest BCUT2D eigenvalue weighted by atomic mass is 35.5. The van der Waals surface area contributed by atoms with Gasteiger partial charge in [-0.3, -0.25) is 4.79 Å². The maximum atomic E-state index is 14.9.